The lowest BCUT2D eigenvalue weighted by Crippen LogP contribution is -2.25. The predicted molar refractivity (Wildman–Crippen MR) is 116 cm³/mol. The number of Topliss-reactive ketones (excluding diaryl/α,β-unsaturated/α-hetero) is 1. The van der Waals surface area contributed by atoms with Gasteiger partial charge in [-0.2, -0.15) is 0 Å². The van der Waals surface area contributed by atoms with Crippen LogP contribution in [0.4, 0.5) is 0 Å². The third kappa shape index (κ3) is 3.86. The Morgan fingerprint density at radius 2 is 1.61 bits per heavy atom. The molecule has 1 aliphatic rings. The molecule has 1 aliphatic heterocycles. The summed E-state index contributed by atoms with van der Waals surface area (Å²) in [5, 5.41) is 42.8. The summed E-state index contributed by atoms with van der Waals surface area (Å²) in [6.45, 7) is 1.73. The molecule has 0 bridgehead atoms. The van der Waals surface area contributed by atoms with Crippen LogP contribution in [0.2, 0.25) is 5.02 Å². The zero-order chi connectivity index (χ0) is 22.3. The van der Waals surface area contributed by atoms with Gasteiger partial charge in [-0.1, -0.05) is 29.8 Å². The summed E-state index contributed by atoms with van der Waals surface area (Å²) in [6.07, 6.45) is -0.322. The molecule has 0 spiro atoms. The standard InChI is InChI=1S/C24H21ClO6/c1-12-8-20(28)21-23(30)16(11-14-9-15(25)6-7-19(14)27)22(29)17(24(21)31-12)10-13-4-2-3-5-18(13)26/h2-7,9,12,26-27,29-30H,8,10-11H2,1H3. The van der Waals surface area contributed by atoms with Crippen molar-refractivity contribution in [3.63, 3.8) is 0 Å². The van der Waals surface area contributed by atoms with E-state index in [1.807, 2.05) is 0 Å². The van der Waals surface area contributed by atoms with Gasteiger partial charge < -0.3 is 25.2 Å². The summed E-state index contributed by atoms with van der Waals surface area (Å²) in [6, 6.07) is 11.1. The molecule has 1 atom stereocenters. The molecule has 0 aliphatic carbocycles. The Morgan fingerprint density at radius 3 is 2.35 bits per heavy atom. The van der Waals surface area contributed by atoms with Crippen molar-refractivity contribution >= 4 is 17.4 Å². The van der Waals surface area contributed by atoms with Crippen molar-refractivity contribution in [3.05, 3.63) is 75.3 Å². The van der Waals surface area contributed by atoms with Crippen molar-refractivity contribution in [2.24, 2.45) is 0 Å². The van der Waals surface area contributed by atoms with Gasteiger partial charge in [0, 0.05) is 35.4 Å². The topological polar surface area (TPSA) is 107 Å². The molecule has 3 aromatic rings. The summed E-state index contributed by atoms with van der Waals surface area (Å²) in [4.78, 5) is 12.8. The first-order valence-electron chi connectivity index (χ1n) is 9.80. The molecule has 0 saturated heterocycles. The van der Waals surface area contributed by atoms with Crippen LogP contribution in [0.3, 0.4) is 0 Å². The molecule has 31 heavy (non-hydrogen) atoms. The number of hydrogen-bond acceptors (Lipinski definition) is 6. The van der Waals surface area contributed by atoms with Crippen LogP contribution >= 0.6 is 11.6 Å². The van der Waals surface area contributed by atoms with E-state index in [0.717, 1.165) is 0 Å². The summed E-state index contributed by atoms with van der Waals surface area (Å²) >= 11 is 6.04. The van der Waals surface area contributed by atoms with E-state index in [-0.39, 0.29) is 70.5 Å². The molecule has 0 saturated carbocycles. The summed E-state index contributed by atoms with van der Waals surface area (Å²) in [5.41, 5.74) is 1.26. The average molecular weight is 441 g/mol. The van der Waals surface area contributed by atoms with Gasteiger partial charge in [0.25, 0.3) is 0 Å². The lowest BCUT2D eigenvalue weighted by Gasteiger charge is -2.28. The number of phenolic OH excluding ortho intramolecular Hbond substituents is 4. The van der Waals surface area contributed by atoms with E-state index >= 15 is 0 Å². The minimum atomic E-state index is -0.426. The Hall–Kier alpha value is -3.38. The molecular weight excluding hydrogens is 420 g/mol. The number of benzene rings is 3. The van der Waals surface area contributed by atoms with Crippen LogP contribution < -0.4 is 4.74 Å². The Kier molecular flexibility index (Phi) is 5.41. The molecule has 7 heteroatoms. The van der Waals surface area contributed by atoms with Gasteiger partial charge in [0.15, 0.2) is 5.78 Å². The van der Waals surface area contributed by atoms with E-state index in [4.69, 9.17) is 16.3 Å². The normalized spacial score (nSPS) is 15.4. The minimum absolute atomic E-state index is 0.00200. The molecule has 3 aromatic carbocycles. The van der Waals surface area contributed by atoms with Crippen molar-refractivity contribution in [3.8, 4) is 28.7 Å². The second kappa shape index (κ2) is 8.04. The molecule has 1 heterocycles. The molecule has 1 unspecified atom stereocenters. The van der Waals surface area contributed by atoms with Gasteiger partial charge >= 0.3 is 0 Å². The molecule has 0 fully saturated rings. The molecule has 0 aromatic heterocycles. The Labute approximate surface area is 183 Å². The number of carbonyl (C=O) groups is 1. The minimum Gasteiger partial charge on any atom is -0.508 e. The quantitative estimate of drug-likeness (QED) is 0.468. The van der Waals surface area contributed by atoms with Crippen molar-refractivity contribution in [1.29, 1.82) is 0 Å². The largest absolute Gasteiger partial charge is 0.508 e. The predicted octanol–water partition coefficient (Wildman–Crippen LogP) is 4.70. The lowest BCUT2D eigenvalue weighted by molar-refractivity contribution is 0.0863. The number of aromatic hydroxyl groups is 4. The van der Waals surface area contributed by atoms with Crippen LogP contribution in [0.15, 0.2) is 42.5 Å². The van der Waals surface area contributed by atoms with Gasteiger partial charge in [0.2, 0.25) is 0 Å². The van der Waals surface area contributed by atoms with Crippen LogP contribution in [-0.4, -0.2) is 32.3 Å². The van der Waals surface area contributed by atoms with Crippen LogP contribution in [-0.2, 0) is 12.8 Å². The molecule has 6 nitrogen and oxygen atoms in total. The van der Waals surface area contributed by atoms with Crippen LogP contribution in [0, 0.1) is 0 Å². The number of halogens is 1. The van der Waals surface area contributed by atoms with Crippen molar-refractivity contribution in [2.75, 3.05) is 0 Å². The van der Waals surface area contributed by atoms with E-state index in [1.54, 1.807) is 25.1 Å². The van der Waals surface area contributed by atoms with Crippen LogP contribution in [0.25, 0.3) is 0 Å². The second-order valence-electron chi connectivity index (χ2n) is 7.67. The fraction of sp³-hybridized carbons (Fsp3) is 0.208. The Bertz CT molecular complexity index is 1190. The zero-order valence-corrected chi connectivity index (χ0v) is 17.5. The van der Waals surface area contributed by atoms with Gasteiger partial charge in [-0.3, -0.25) is 4.79 Å². The van der Waals surface area contributed by atoms with E-state index in [2.05, 4.69) is 0 Å². The lowest BCUT2D eigenvalue weighted by atomic mass is 9.88. The van der Waals surface area contributed by atoms with Crippen molar-refractivity contribution in [2.45, 2.75) is 32.3 Å². The average Bonchev–Trinajstić information content (AvgIpc) is 2.71. The maximum absolute atomic E-state index is 12.8. The molecule has 4 N–H and O–H groups in total. The third-order valence-corrected chi connectivity index (χ3v) is 5.67. The maximum Gasteiger partial charge on any atom is 0.174 e. The highest BCUT2D eigenvalue weighted by Gasteiger charge is 2.34. The highest BCUT2D eigenvalue weighted by Crippen LogP contribution is 2.48. The Balaban J connectivity index is 1.92. The van der Waals surface area contributed by atoms with Gasteiger partial charge in [0.1, 0.15) is 40.4 Å². The summed E-state index contributed by atoms with van der Waals surface area (Å²) < 4.78 is 5.86. The van der Waals surface area contributed by atoms with Crippen LogP contribution in [0.1, 0.15) is 46.0 Å². The third-order valence-electron chi connectivity index (χ3n) is 5.43. The van der Waals surface area contributed by atoms with Crippen molar-refractivity contribution in [1.82, 2.24) is 0 Å². The zero-order valence-electron chi connectivity index (χ0n) is 16.7. The highest BCUT2D eigenvalue weighted by molar-refractivity contribution is 6.30. The van der Waals surface area contributed by atoms with Crippen LogP contribution in [0.5, 0.6) is 28.7 Å². The summed E-state index contributed by atoms with van der Waals surface area (Å²) in [7, 11) is 0. The number of hydrogen-bond donors (Lipinski definition) is 4. The second-order valence-corrected chi connectivity index (χ2v) is 8.11. The van der Waals surface area contributed by atoms with Gasteiger partial charge in [-0.05, 0) is 42.3 Å². The monoisotopic (exact) mass is 440 g/mol. The number of para-hydroxylation sites is 1. The number of carbonyl (C=O) groups excluding carboxylic acids is 1. The summed E-state index contributed by atoms with van der Waals surface area (Å²) in [5.74, 6) is -0.861. The van der Waals surface area contributed by atoms with E-state index < -0.39 is 6.10 Å². The maximum atomic E-state index is 12.8. The molecule has 160 valence electrons. The highest BCUT2D eigenvalue weighted by atomic mass is 35.5. The number of ether oxygens (including phenoxy) is 1. The number of phenols is 4. The van der Waals surface area contributed by atoms with E-state index in [0.29, 0.717) is 16.1 Å². The molecule has 0 radical (unpaired) electrons. The molecule has 4 rings (SSSR count). The Morgan fingerprint density at radius 1 is 0.935 bits per heavy atom. The SMILES string of the molecule is CC1CC(=O)c2c(O)c(Cc3cc(Cl)ccc3O)c(O)c(Cc3ccccc3O)c2O1. The first-order chi connectivity index (χ1) is 14.8. The fourth-order valence-corrected chi connectivity index (χ4v) is 4.07. The van der Waals surface area contributed by atoms with Gasteiger partial charge in [-0.15, -0.1) is 0 Å². The van der Waals surface area contributed by atoms with Gasteiger partial charge in [0.05, 0.1) is 0 Å². The number of fused-ring (bicyclic) bond motifs is 1. The van der Waals surface area contributed by atoms with Crippen molar-refractivity contribution < 1.29 is 30.0 Å². The number of rotatable bonds is 4. The fourth-order valence-electron chi connectivity index (χ4n) is 3.87. The number of ketones is 1. The van der Waals surface area contributed by atoms with Gasteiger partial charge in [-0.25, -0.2) is 0 Å². The smallest absolute Gasteiger partial charge is 0.174 e. The van der Waals surface area contributed by atoms with E-state index in [1.165, 1.54) is 24.3 Å². The first-order valence-corrected chi connectivity index (χ1v) is 10.2. The van der Waals surface area contributed by atoms with E-state index in [9.17, 15) is 25.2 Å². The first kappa shape index (κ1) is 20.9. The molecule has 0 amide bonds. The molecular formula is C24H21ClO6.